The average molecular weight is 468 g/mol. The molecule has 0 spiro atoms. The predicted molar refractivity (Wildman–Crippen MR) is 138 cm³/mol. The van der Waals surface area contributed by atoms with Gasteiger partial charge in [-0.1, -0.05) is 65.2 Å². The lowest BCUT2D eigenvalue weighted by Gasteiger charge is -2.19. The Kier molecular flexibility index (Phi) is 13.5. The zero-order valence-corrected chi connectivity index (χ0v) is 21.5. The molecule has 186 valence electrons. The molecular formula is C28H41N3O3. The molecule has 0 radical (unpaired) electrons. The molecule has 2 amide bonds. The standard InChI is InChI=1S/C28H41N3O3/c1-8-16-29-27(32)25-19-24(20-26(30-25)28(33)31(7)17-9-2)34-18-10-11-23(14-12-21(3)4)15-13-22(5)6/h1-2,19-23H,10-18H2,3-7H3,(H,29,32). The molecule has 6 heteroatoms. The van der Waals surface area contributed by atoms with Crippen LogP contribution in [0.3, 0.4) is 0 Å². The van der Waals surface area contributed by atoms with Crippen molar-refractivity contribution in [1.82, 2.24) is 15.2 Å². The minimum atomic E-state index is -0.459. The molecule has 1 aromatic heterocycles. The fourth-order valence-electron chi connectivity index (χ4n) is 3.57. The van der Waals surface area contributed by atoms with Crippen LogP contribution >= 0.6 is 0 Å². The molecule has 0 unspecified atom stereocenters. The second-order valence-corrected chi connectivity index (χ2v) is 9.62. The van der Waals surface area contributed by atoms with Crippen LogP contribution in [-0.2, 0) is 0 Å². The van der Waals surface area contributed by atoms with E-state index in [4.69, 9.17) is 17.6 Å². The quantitative estimate of drug-likeness (QED) is 0.297. The molecule has 6 nitrogen and oxygen atoms in total. The third kappa shape index (κ3) is 11.2. The molecule has 0 atom stereocenters. The number of carbonyl (C=O) groups is 2. The number of terminal acetylenes is 2. The van der Waals surface area contributed by atoms with Crippen LogP contribution in [0.5, 0.6) is 5.75 Å². The number of ether oxygens (including phenoxy) is 1. The zero-order valence-electron chi connectivity index (χ0n) is 21.5. The van der Waals surface area contributed by atoms with Crippen molar-refractivity contribution >= 4 is 11.8 Å². The topological polar surface area (TPSA) is 71.5 Å². The monoisotopic (exact) mass is 467 g/mol. The van der Waals surface area contributed by atoms with Crippen LogP contribution in [0.4, 0.5) is 0 Å². The van der Waals surface area contributed by atoms with Crippen LogP contribution in [-0.4, -0.2) is 48.4 Å². The Morgan fingerprint density at radius 1 is 1.00 bits per heavy atom. The number of nitrogens with one attached hydrogen (secondary N) is 1. The number of aromatic nitrogens is 1. The van der Waals surface area contributed by atoms with E-state index in [2.05, 4.69) is 49.8 Å². The molecule has 0 fully saturated rings. The summed E-state index contributed by atoms with van der Waals surface area (Å²) in [5.41, 5.74) is 0.185. The van der Waals surface area contributed by atoms with Crippen molar-refractivity contribution in [3.63, 3.8) is 0 Å². The van der Waals surface area contributed by atoms with E-state index in [0.29, 0.717) is 30.1 Å². The van der Waals surface area contributed by atoms with Gasteiger partial charge in [0.2, 0.25) is 0 Å². The van der Waals surface area contributed by atoms with Gasteiger partial charge in [0.25, 0.3) is 11.8 Å². The van der Waals surface area contributed by atoms with Gasteiger partial charge in [-0.25, -0.2) is 4.98 Å². The fraction of sp³-hybridized carbons (Fsp3) is 0.607. The van der Waals surface area contributed by atoms with Crippen LogP contribution in [0, 0.1) is 42.4 Å². The van der Waals surface area contributed by atoms with E-state index in [0.717, 1.165) is 12.8 Å². The van der Waals surface area contributed by atoms with Gasteiger partial charge in [-0.3, -0.25) is 9.59 Å². The largest absolute Gasteiger partial charge is 0.493 e. The summed E-state index contributed by atoms with van der Waals surface area (Å²) in [5, 5.41) is 2.57. The lowest BCUT2D eigenvalue weighted by Crippen LogP contribution is -2.29. The maximum absolute atomic E-state index is 12.7. The molecule has 0 aromatic carbocycles. The van der Waals surface area contributed by atoms with E-state index in [-0.39, 0.29) is 30.4 Å². The summed E-state index contributed by atoms with van der Waals surface area (Å²) in [7, 11) is 1.59. The Morgan fingerprint density at radius 3 is 2.18 bits per heavy atom. The first-order valence-corrected chi connectivity index (χ1v) is 12.2. The van der Waals surface area contributed by atoms with E-state index < -0.39 is 5.91 Å². The van der Waals surface area contributed by atoms with Gasteiger partial charge in [0.05, 0.1) is 19.7 Å². The molecule has 0 saturated heterocycles. The van der Waals surface area contributed by atoms with E-state index in [9.17, 15) is 9.59 Å². The molecular weight excluding hydrogens is 426 g/mol. The van der Waals surface area contributed by atoms with Crippen LogP contribution in [0.1, 0.15) is 87.2 Å². The number of amides is 2. The van der Waals surface area contributed by atoms with Gasteiger partial charge in [0.15, 0.2) is 0 Å². The smallest absolute Gasteiger partial charge is 0.273 e. The van der Waals surface area contributed by atoms with Crippen LogP contribution in [0.2, 0.25) is 0 Å². The highest BCUT2D eigenvalue weighted by molar-refractivity contribution is 5.97. The van der Waals surface area contributed by atoms with Gasteiger partial charge in [-0.15, -0.1) is 12.8 Å². The highest BCUT2D eigenvalue weighted by Gasteiger charge is 2.18. The Hall–Kier alpha value is -2.99. The number of rotatable bonds is 15. The Labute approximate surface area is 206 Å². The summed E-state index contributed by atoms with van der Waals surface area (Å²) < 4.78 is 5.96. The molecule has 34 heavy (non-hydrogen) atoms. The number of hydrogen-bond donors (Lipinski definition) is 1. The SMILES string of the molecule is C#CCNC(=O)c1cc(OCCCC(CCC(C)C)CCC(C)C)cc(C(=O)N(C)CC#C)n1. The minimum Gasteiger partial charge on any atom is -0.493 e. The van der Waals surface area contributed by atoms with Crippen LogP contribution in [0.15, 0.2) is 12.1 Å². The lowest BCUT2D eigenvalue weighted by atomic mass is 9.88. The van der Waals surface area contributed by atoms with Crippen molar-refractivity contribution in [3.8, 4) is 30.4 Å². The Balaban J connectivity index is 2.87. The number of hydrogen-bond acceptors (Lipinski definition) is 4. The number of pyridine rings is 1. The van der Waals surface area contributed by atoms with Crippen molar-refractivity contribution in [2.75, 3.05) is 26.7 Å². The first-order chi connectivity index (χ1) is 16.2. The average Bonchev–Trinajstić information content (AvgIpc) is 2.80. The van der Waals surface area contributed by atoms with Crippen molar-refractivity contribution < 1.29 is 14.3 Å². The molecule has 1 heterocycles. The van der Waals surface area contributed by atoms with Gasteiger partial charge in [-0.2, -0.15) is 0 Å². The molecule has 0 aliphatic rings. The first-order valence-electron chi connectivity index (χ1n) is 12.2. The Bertz CT molecular complexity index is 853. The molecule has 1 aromatic rings. The minimum absolute atomic E-state index is 0.0695. The van der Waals surface area contributed by atoms with Crippen molar-refractivity contribution in [2.45, 2.75) is 66.2 Å². The van der Waals surface area contributed by atoms with Crippen LogP contribution < -0.4 is 10.1 Å². The molecule has 0 saturated carbocycles. The normalized spacial score (nSPS) is 10.8. The summed E-state index contributed by atoms with van der Waals surface area (Å²) in [6.07, 6.45) is 17.5. The summed E-state index contributed by atoms with van der Waals surface area (Å²) in [4.78, 5) is 30.7. The predicted octanol–water partition coefficient (Wildman–Crippen LogP) is 4.80. The molecule has 0 bridgehead atoms. The van der Waals surface area contributed by atoms with Crippen molar-refractivity contribution in [2.24, 2.45) is 17.8 Å². The molecule has 1 rings (SSSR count). The van der Waals surface area contributed by atoms with Crippen molar-refractivity contribution in [3.05, 3.63) is 23.5 Å². The highest BCUT2D eigenvalue weighted by atomic mass is 16.5. The summed E-state index contributed by atoms with van der Waals surface area (Å²) in [6.45, 7) is 9.78. The van der Waals surface area contributed by atoms with E-state index >= 15 is 0 Å². The fourth-order valence-corrected chi connectivity index (χ4v) is 3.57. The number of nitrogens with zero attached hydrogens (tertiary/aromatic N) is 2. The van der Waals surface area contributed by atoms with E-state index in [1.54, 1.807) is 19.2 Å². The first kappa shape index (κ1) is 29.0. The van der Waals surface area contributed by atoms with Gasteiger partial charge >= 0.3 is 0 Å². The third-order valence-corrected chi connectivity index (χ3v) is 5.61. The zero-order chi connectivity index (χ0) is 25.5. The van der Waals surface area contributed by atoms with Crippen molar-refractivity contribution in [1.29, 1.82) is 0 Å². The van der Waals surface area contributed by atoms with Gasteiger partial charge in [0.1, 0.15) is 17.1 Å². The molecule has 0 aliphatic heterocycles. The summed E-state index contributed by atoms with van der Waals surface area (Å²) >= 11 is 0. The van der Waals surface area contributed by atoms with Gasteiger partial charge in [0, 0.05) is 19.2 Å². The maximum Gasteiger partial charge on any atom is 0.273 e. The van der Waals surface area contributed by atoms with Gasteiger partial charge in [-0.05, 0) is 30.6 Å². The van der Waals surface area contributed by atoms with E-state index in [1.165, 1.54) is 30.6 Å². The summed E-state index contributed by atoms with van der Waals surface area (Å²) in [5.74, 6) is 6.47. The third-order valence-electron chi connectivity index (χ3n) is 5.61. The maximum atomic E-state index is 12.7. The summed E-state index contributed by atoms with van der Waals surface area (Å²) in [6, 6.07) is 3.10. The van der Waals surface area contributed by atoms with E-state index in [1.807, 2.05) is 0 Å². The highest BCUT2D eigenvalue weighted by Crippen LogP contribution is 2.24. The van der Waals surface area contributed by atoms with Crippen LogP contribution in [0.25, 0.3) is 0 Å². The molecule has 1 N–H and O–H groups in total. The Morgan fingerprint density at radius 2 is 1.62 bits per heavy atom. The van der Waals surface area contributed by atoms with Gasteiger partial charge < -0.3 is 15.0 Å². The second kappa shape index (κ2) is 15.8. The number of carbonyl (C=O) groups excluding carboxylic acids is 2. The lowest BCUT2D eigenvalue weighted by molar-refractivity contribution is 0.0806. The molecule has 0 aliphatic carbocycles. The second-order valence-electron chi connectivity index (χ2n) is 9.62.